The van der Waals surface area contributed by atoms with Crippen LogP contribution in [0.4, 0.5) is 0 Å². The molecular formula is C17H12Cl2O5. The van der Waals surface area contributed by atoms with Crippen molar-refractivity contribution in [2.24, 2.45) is 0 Å². The summed E-state index contributed by atoms with van der Waals surface area (Å²) in [7, 11) is 2.91. The van der Waals surface area contributed by atoms with Crippen molar-refractivity contribution < 1.29 is 19.0 Å². The van der Waals surface area contributed by atoms with Crippen molar-refractivity contribution in [3.8, 4) is 28.6 Å². The van der Waals surface area contributed by atoms with Crippen LogP contribution in [0.15, 0.2) is 39.5 Å². The van der Waals surface area contributed by atoms with Crippen molar-refractivity contribution >= 4 is 34.2 Å². The van der Waals surface area contributed by atoms with Gasteiger partial charge in [-0.25, -0.2) is 0 Å². The van der Waals surface area contributed by atoms with Gasteiger partial charge < -0.3 is 19.0 Å². The molecule has 0 aliphatic carbocycles. The third-order valence-corrected chi connectivity index (χ3v) is 4.28. The summed E-state index contributed by atoms with van der Waals surface area (Å²) in [6, 6.07) is 7.70. The lowest BCUT2D eigenvalue weighted by Crippen LogP contribution is -2.04. The highest BCUT2D eigenvalue weighted by molar-refractivity contribution is 6.42. The SMILES string of the molecule is COc1cc(OC)c2oc(-c3ccc(Cl)c(Cl)c3)c(O)c(=O)c2c1. The first-order valence-corrected chi connectivity index (χ1v) is 7.59. The Hall–Kier alpha value is -2.37. The van der Waals surface area contributed by atoms with Crippen LogP contribution in [0.3, 0.4) is 0 Å². The van der Waals surface area contributed by atoms with Crippen molar-refractivity contribution in [2.45, 2.75) is 0 Å². The number of halogens is 2. The summed E-state index contributed by atoms with van der Waals surface area (Å²) < 4.78 is 16.1. The quantitative estimate of drug-likeness (QED) is 0.739. The maximum absolute atomic E-state index is 12.5. The molecule has 0 unspecified atom stereocenters. The number of hydrogen-bond acceptors (Lipinski definition) is 5. The van der Waals surface area contributed by atoms with Gasteiger partial charge >= 0.3 is 0 Å². The summed E-state index contributed by atoms with van der Waals surface area (Å²) >= 11 is 11.9. The monoisotopic (exact) mass is 366 g/mol. The molecule has 3 rings (SSSR count). The molecule has 0 atom stereocenters. The molecule has 0 amide bonds. The summed E-state index contributed by atoms with van der Waals surface area (Å²) in [6.07, 6.45) is 0. The normalized spacial score (nSPS) is 10.8. The fourth-order valence-electron chi connectivity index (χ4n) is 2.33. The van der Waals surface area contributed by atoms with Crippen molar-refractivity contribution in [2.75, 3.05) is 14.2 Å². The molecule has 2 aromatic carbocycles. The number of benzene rings is 2. The average molecular weight is 367 g/mol. The van der Waals surface area contributed by atoms with Crippen molar-refractivity contribution in [3.05, 3.63) is 50.6 Å². The molecule has 0 saturated heterocycles. The van der Waals surface area contributed by atoms with Gasteiger partial charge in [-0.05, 0) is 24.3 Å². The number of hydrogen-bond donors (Lipinski definition) is 1. The van der Waals surface area contributed by atoms with Crippen LogP contribution < -0.4 is 14.9 Å². The van der Waals surface area contributed by atoms with Crippen LogP contribution in [0.25, 0.3) is 22.3 Å². The van der Waals surface area contributed by atoms with Crippen LogP contribution in [-0.2, 0) is 0 Å². The average Bonchev–Trinajstić information content (AvgIpc) is 2.59. The highest BCUT2D eigenvalue weighted by Gasteiger charge is 2.19. The number of aromatic hydroxyl groups is 1. The highest BCUT2D eigenvalue weighted by atomic mass is 35.5. The van der Waals surface area contributed by atoms with E-state index in [9.17, 15) is 9.90 Å². The molecule has 1 N–H and O–H groups in total. The lowest BCUT2D eigenvalue weighted by atomic mass is 10.1. The standard InChI is InChI=1S/C17H12Cl2O5/c1-22-9-6-10-14(20)15(21)16(24-17(10)13(7-9)23-2)8-3-4-11(18)12(19)5-8/h3-7,21H,1-2H3. The van der Waals surface area contributed by atoms with E-state index in [0.29, 0.717) is 22.1 Å². The van der Waals surface area contributed by atoms with Crippen LogP contribution in [0.5, 0.6) is 17.2 Å². The molecule has 0 aliphatic heterocycles. The van der Waals surface area contributed by atoms with Gasteiger partial charge in [0.2, 0.25) is 11.2 Å². The van der Waals surface area contributed by atoms with E-state index in [1.54, 1.807) is 18.2 Å². The molecule has 0 spiro atoms. The van der Waals surface area contributed by atoms with Gasteiger partial charge in [0.15, 0.2) is 17.1 Å². The molecule has 0 radical (unpaired) electrons. The first-order chi connectivity index (χ1) is 11.5. The largest absolute Gasteiger partial charge is 0.502 e. The van der Waals surface area contributed by atoms with E-state index in [2.05, 4.69) is 0 Å². The highest BCUT2D eigenvalue weighted by Crippen LogP contribution is 2.37. The Bertz CT molecular complexity index is 994. The number of fused-ring (bicyclic) bond motifs is 1. The fraction of sp³-hybridized carbons (Fsp3) is 0.118. The minimum Gasteiger partial charge on any atom is -0.502 e. The summed E-state index contributed by atoms with van der Waals surface area (Å²) in [5.74, 6) is 0.168. The molecular weight excluding hydrogens is 355 g/mol. The topological polar surface area (TPSA) is 68.9 Å². The second-order valence-corrected chi connectivity index (χ2v) is 5.76. The first kappa shape index (κ1) is 16.5. The Morgan fingerprint density at radius 1 is 1.04 bits per heavy atom. The number of rotatable bonds is 3. The van der Waals surface area contributed by atoms with Gasteiger partial charge in [-0.1, -0.05) is 23.2 Å². The summed E-state index contributed by atoms with van der Waals surface area (Å²) in [5, 5.41) is 11.0. The van der Waals surface area contributed by atoms with Gasteiger partial charge in [-0.15, -0.1) is 0 Å². The molecule has 1 aromatic heterocycles. The van der Waals surface area contributed by atoms with Gasteiger partial charge in [0.25, 0.3) is 0 Å². The molecule has 7 heteroatoms. The van der Waals surface area contributed by atoms with Crippen molar-refractivity contribution in [1.82, 2.24) is 0 Å². The maximum Gasteiger partial charge on any atom is 0.235 e. The van der Waals surface area contributed by atoms with E-state index in [4.69, 9.17) is 37.1 Å². The second kappa shape index (κ2) is 6.26. The number of methoxy groups -OCH3 is 2. The van der Waals surface area contributed by atoms with E-state index in [0.717, 1.165) is 0 Å². The van der Waals surface area contributed by atoms with Crippen LogP contribution >= 0.6 is 23.2 Å². The molecule has 1 heterocycles. The number of ether oxygens (including phenoxy) is 2. The molecule has 124 valence electrons. The van der Waals surface area contributed by atoms with Gasteiger partial charge in [0.1, 0.15) is 5.75 Å². The van der Waals surface area contributed by atoms with Crippen LogP contribution in [0, 0.1) is 0 Å². The summed E-state index contributed by atoms with van der Waals surface area (Å²) in [4.78, 5) is 12.5. The second-order valence-electron chi connectivity index (χ2n) is 4.94. The fourth-order valence-corrected chi connectivity index (χ4v) is 2.63. The minimum atomic E-state index is -0.602. The lowest BCUT2D eigenvalue weighted by molar-refractivity contribution is 0.390. The van der Waals surface area contributed by atoms with Crippen molar-refractivity contribution in [3.63, 3.8) is 0 Å². The zero-order valence-electron chi connectivity index (χ0n) is 12.7. The molecule has 0 bridgehead atoms. The predicted molar refractivity (Wildman–Crippen MR) is 92.7 cm³/mol. The van der Waals surface area contributed by atoms with Gasteiger partial charge in [-0.3, -0.25) is 4.79 Å². The van der Waals surface area contributed by atoms with E-state index >= 15 is 0 Å². The molecule has 3 aromatic rings. The van der Waals surface area contributed by atoms with Crippen LogP contribution in [0.1, 0.15) is 0 Å². The summed E-state index contributed by atoms with van der Waals surface area (Å²) in [6.45, 7) is 0. The Balaban J connectivity index is 2.36. The molecule has 0 fully saturated rings. The maximum atomic E-state index is 12.5. The van der Waals surface area contributed by atoms with E-state index in [-0.39, 0.29) is 21.8 Å². The Labute approximate surface area is 146 Å². The Morgan fingerprint density at radius 2 is 1.79 bits per heavy atom. The molecule has 0 aliphatic rings. The Kier molecular flexibility index (Phi) is 4.30. The predicted octanol–water partition coefficient (Wildman–Crippen LogP) is 4.49. The zero-order chi connectivity index (χ0) is 17.4. The van der Waals surface area contributed by atoms with E-state index in [1.807, 2.05) is 0 Å². The molecule has 24 heavy (non-hydrogen) atoms. The molecule has 0 saturated carbocycles. The van der Waals surface area contributed by atoms with Crippen molar-refractivity contribution in [1.29, 1.82) is 0 Å². The van der Waals surface area contributed by atoms with E-state index in [1.165, 1.54) is 26.4 Å². The lowest BCUT2D eigenvalue weighted by Gasteiger charge is -2.11. The third-order valence-electron chi connectivity index (χ3n) is 3.54. The Morgan fingerprint density at radius 3 is 2.42 bits per heavy atom. The zero-order valence-corrected chi connectivity index (χ0v) is 14.2. The van der Waals surface area contributed by atoms with Gasteiger partial charge in [0.05, 0.1) is 29.7 Å². The first-order valence-electron chi connectivity index (χ1n) is 6.83. The van der Waals surface area contributed by atoms with Gasteiger partial charge in [-0.2, -0.15) is 0 Å². The van der Waals surface area contributed by atoms with Crippen LogP contribution in [0.2, 0.25) is 10.0 Å². The molecule has 5 nitrogen and oxygen atoms in total. The summed E-state index contributed by atoms with van der Waals surface area (Å²) in [5.41, 5.74) is 0.00969. The van der Waals surface area contributed by atoms with Crippen LogP contribution in [-0.4, -0.2) is 19.3 Å². The van der Waals surface area contributed by atoms with Gasteiger partial charge in [0, 0.05) is 11.6 Å². The minimum absolute atomic E-state index is 0.0190. The van der Waals surface area contributed by atoms with E-state index < -0.39 is 11.2 Å². The third kappa shape index (κ3) is 2.66. The smallest absolute Gasteiger partial charge is 0.235 e.